The van der Waals surface area contributed by atoms with Crippen molar-refractivity contribution in [3.63, 3.8) is 0 Å². The second kappa shape index (κ2) is 12.5. The Bertz CT molecular complexity index is 1290. The van der Waals surface area contributed by atoms with Gasteiger partial charge in [0.2, 0.25) is 0 Å². The zero-order valence-electron chi connectivity index (χ0n) is 21.7. The third-order valence-corrected chi connectivity index (χ3v) is 7.30. The number of hydrogen-bond acceptors (Lipinski definition) is 6. The Kier molecular flexibility index (Phi) is 8.93. The molecular weight excluding hydrogens is 482 g/mol. The van der Waals surface area contributed by atoms with Crippen LogP contribution in [0.5, 0.6) is 11.5 Å². The second-order valence-corrected chi connectivity index (χ2v) is 9.84. The average Bonchev–Trinajstić information content (AvgIpc) is 3.42. The summed E-state index contributed by atoms with van der Waals surface area (Å²) in [7, 11) is 3.32. The number of thiazole rings is 1. The van der Waals surface area contributed by atoms with Crippen LogP contribution in [0.1, 0.15) is 58.1 Å². The highest BCUT2D eigenvalue weighted by molar-refractivity contribution is 7.09. The van der Waals surface area contributed by atoms with Gasteiger partial charge in [-0.05, 0) is 31.0 Å². The summed E-state index contributed by atoms with van der Waals surface area (Å²) in [6.45, 7) is 5.41. The zero-order chi connectivity index (χ0) is 26.2. The van der Waals surface area contributed by atoms with Gasteiger partial charge < -0.3 is 14.8 Å². The van der Waals surface area contributed by atoms with Gasteiger partial charge in [0, 0.05) is 29.6 Å². The topological polar surface area (TPSA) is 63.7 Å². The standard InChI is InChI=1S/C30H33N3O3S/c1-21(23-11-7-5-8-12-23)31-30(34)27-20-37-29(32-27)19-33(22(2)24-13-9-6-10-14-24)18-25-15-16-26(35-3)17-28(25)36-4/h5-17,20-22H,18-19H2,1-4H3,(H,31,34). The SMILES string of the molecule is COc1ccc(CN(Cc2nc(C(=O)NC(C)c3ccccc3)cs2)C(C)c2ccccc2)c(OC)c1. The van der Waals surface area contributed by atoms with E-state index in [0.29, 0.717) is 18.8 Å². The van der Waals surface area contributed by atoms with Gasteiger partial charge in [0.25, 0.3) is 5.91 Å². The lowest BCUT2D eigenvalue weighted by Gasteiger charge is -2.29. The van der Waals surface area contributed by atoms with Gasteiger partial charge in [-0.15, -0.1) is 11.3 Å². The van der Waals surface area contributed by atoms with Crippen LogP contribution in [0.2, 0.25) is 0 Å². The lowest BCUT2D eigenvalue weighted by molar-refractivity contribution is 0.0935. The van der Waals surface area contributed by atoms with E-state index in [1.165, 1.54) is 16.9 Å². The summed E-state index contributed by atoms with van der Waals surface area (Å²) < 4.78 is 11.0. The van der Waals surface area contributed by atoms with Crippen LogP contribution >= 0.6 is 11.3 Å². The molecule has 7 heteroatoms. The Morgan fingerprint density at radius 2 is 1.59 bits per heavy atom. The smallest absolute Gasteiger partial charge is 0.271 e. The van der Waals surface area contributed by atoms with E-state index in [9.17, 15) is 4.79 Å². The van der Waals surface area contributed by atoms with E-state index in [2.05, 4.69) is 41.4 Å². The molecule has 0 aliphatic heterocycles. The number of nitrogens with zero attached hydrogens (tertiary/aromatic N) is 2. The van der Waals surface area contributed by atoms with Crippen LogP contribution in [0.3, 0.4) is 0 Å². The molecule has 2 atom stereocenters. The maximum atomic E-state index is 12.9. The molecule has 0 radical (unpaired) electrons. The van der Waals surface area contributed by atoms with Crippen molar-refractivity contribution >= 4 is 17.2 Å². The Hall–Kier alpha value is -3.68. The molecule has 192 valence electrons. The molecule has 0 fully saturated rings. The average molecular weight is 516 g/mol. The first kappa shape index (κ1) is 26.4. The maximum absolute atomic E-state index is 12.9. The molecule has 0 aliphatic carbocycles. The van der Waals surface area contributed by atoms with Crippen LogP contribution in [-0.2, 0) is 13.1 Å². The van der Waals surface area contributed by atoms with Crippen molar-refractivity contribution in [2.24, 2.45) is 0 Å². The Labute approximate surface area is 222 Å². The van der Waals surface area contributed by atoms with Gasteiger partial charge in [-0.25, -0.2) is 4.98 Å². The highest BCUT2D eigenvalue weighted by Crippen LogP contribution is 2.31. The highest BCUT2D eigenvalue weighted by Gasteiger charge is 2.21. The van der Waals surface area contributed by atoms with Crippen LogP contribution in [-0.4, -0.2) is 30.0 Å². The molecular formula is C30H33N3O3S. The Balaban J connectivity index is 1.53. The van der Waals surface area contributed by atoms with E-state index in [1.807, 2.05) is 66.9 Å². The first-order valence-corrected chi connectivity index (χ1v) is 13.2. The lowest BCUT2D eigenvalue weighted by Crippen LogP contribution is -2.28. The van der Waals surface area contributed by atoms with Crippen LogP contribution < -0.4 is 14.8 Å². The van der Waals surface area contributed by atoms with Crippen molar-refractivity contribution in [1.82, 2.24) is 15.2 Å². The van der Waals surface area contributed by atoms with E-state index in [4.69, 9.17) is 14.5 Å². The minimum Gasteiger partial charge on any atom is -0.497 e. The van der Waals surface area contributed by atoms with Crippen molar-refractivity contribution in [1.29, 1.82) is 0 Å². The van der Waals surface area contributed by atoms with Crippen molar-refractivity contribution in [2.75, 3.05) is 14.2 Å². The fraction of sp³-hybridized carbons (Fsp3) is 0.267. The summed E-state index contributed by atoms with van der Waals surface area (Å²) in [5.74, 6) is 1.36. The summed E-state index contributed by atoms with van der Waals surface area (Å²) in [6.07, 6.45) is 0. The van der Waals surface area contributed by atoms with Crippen molar-refractivity contribution in [3.05, 3.63) is 112 Å². The number of hydrogen-bond donors (Lipinski definition) is 1. The zero-order valence-corrected chi connectivity index (χ0v) is 22.5. The van der Waals surface area contributed by atoms with E-state index in [0.717, 1.165) is 27.6 Å². The van der Waals surface area contributed by atoms with Crippen molar-refractivity contribution in [2.45, 2.75) is 39.0 Å². The molecule has 1 aromatic heterocycles. The van der Waals surface area contributed by atoms with Crippen LogP contribution in [0.4, 0.5) is 0 Å². The number of benzene rings is 3. The molecule has 2 unspecified atom stereocenters. The number of carbonyl (C=O) groups excluding carboxylic acids is 1. The molecule has 37 heavy (non-hydrogen) atoms. The van der Waals surface area contributed by atoms with Gasteiger partial charge in [-0.1, -0.05) is 66.7 Å². The number of carbonyl (C=O) groups is 1. The third kappa shape index (κ3) is 6.76. The predicted octanol–water partition coefficient (Wildman–Crippen LogP) is 6.41. The number of amides is 1. The van der Waals surface area contributed by atoms with Crippen LogP contribution in [0.15, 0.2) is 84.2 Å². The maximum Gasteiger partial charge on any atom is 0.271 e. The van der Waals surface area contributed by atoms with Crippen molar-refractivity contribution in [3.8, 4) is 11.5 Å². The monoisotopic (exact) mass is 515 g/mol. The second-order valence-electron chi connectivity index (χ2n) is 8.90. The number of aromatic nitrogens is 1. The minimum atomic E-state index is -0.168. The van der Waals surface area contributed by atoms with E-state index in [-0.39, 0.29) is 18.0 Å². The van der Waals surface area contributed by atoms with Crippen LogP contribution in [0.25, 0.3) is 0 Å². The summed E-state index contributed by atoms with van der Waals surface area (Å²) in [6, 6.07) is 26.2. The van der Waals surface area contributed by atoms with E-state index < -0.39 is 0 Å². The molecule has 4 rings (SSSR count). The molecule has 0 saturated heterocycles. The normalized spacial score (nSPS) is 12.7. The molecule has 0 aliphatic rings. The Morgan fingerprint density at radius 1 is 0.919 bits per heavy atom. The summed E-state index contributed by atoms with van der Waals surface area (Å²) in [5.41, 5.74) is 3.76. The van der Waals surface area contributed by atoms with Gasteiger partial charge in [0.05, 0.1) is 26.8 Å². The lowest BCUT2D eigenvalue weighted by atomic mass is 10.1. The molecule has 0 bridgehead atoms. The van der Waals surface area contributed by atoms with Gasteiger partial charge in [0.1, 0.15) is 22.2 Å². The van der Waals surface area contributed by atoms with Gasteiger partial charge in [-0.2, -0.15) is 0 Å². The molecule has 6 nitrogen and oxygen atoms in total. The minimum absolute atomic E-state index is 0.101. The first-order valence-electron chi connectivity index (χ1n) is 12.3. The number of nitrogens with one attached hydrogen (secondary N) is 1. The summed E-state index contributed by atoms with van der Waals surface area (Å²) in [4.78, 5) is 19.9. The van der Waals surface area contributed by atoms with Gasteiger partial charge >= 0.3 is 0 Å². The number of methoxy groups -OCH3 is 2. The van der Waals surface area contributed by atoms with E-state index >= 15 is 0 Å². The highest BCUT2D eigenvalue weighted by atomic mass is 32.1. The molecule has 1 amide bonds. The largest absolute Gasteiger partial charge is 0.497 e. The van der Waals surface area contributed by atoms with Gasteiger partial charge in [-0.3, -0.25) is 9.69 Å². The van der Waals surface area contributed by atoms with E-state index in [1.54, 1.807) is 14.2 Å². The predicted molar refractivity (Wildman–Crippen MR) is 148 cm³/mol. The first-order chi connectivity index (χ1) is 18.0. The summed E-state index contributed by atoms with van der Waals surface area (Å²) in [5, 5.41) is 5.77. The Morgan fingerprint density at radius 3 is 2.24 bits per heavy atom. The third-order valence-electron chi connectivity index (χ3n) is 6.47. The van der Waals surface area contributed by atoms with Crippen molar-refractivity contribution < 1.29 is 14.3 Å². The number of ether oxygens (including phenoxy) is 2. The fourth-order valence-electron chi connectivity index (χ4n) is 4.23. The molecule has 0 saturated carbocycles. The molecule has 1 heterocycles. The van der Waals surface area contributed by atoms with Crippen LogP contribution in [0, 0.1) is 0 Å². The molecule has 0 spiro atoms. The molecule has 1 N–H and O–H groups in total. The number of rotatable bonds is 11. The molecule has 4 aromatic rings. The van der Waals surface area contributed by atoms with Gasteiger partial charge in [0.15, 0.2) is 0 Å². The molecule has 3 aromatic carbocycles. The summed E-state index contributed by atoms with van der Waals surface area (Å²) >= 11 is 1.50. The fourth-order valence-corrected chi connectivity index (χ4v) is 5.03. The quantitative estimate of drug-likeness (QED) is 0.250.